The van der Waals surface area contributed by atoms with Crippen molar-refractivity contribution in [3.63, 3.8) is 0 Å². The average Bonchev–Trinajstić information content (AvgIpc) is 3.26. The molecule has 0 atom stereocenters. The second kappa shape index (κ2) is 9.77. The molecule has 2 aromatic heterocycles. The number of aromatic nitrogens is 1. The fourth-order valence-corrected chi connectivity index (χ4v) is 6.69. The van der Waals surface area contributed by atoms with Gasteiger partial charge in [0.1, 0.15) is 15.7 Å². The zero-order valence-corrected chi connectivity index (χ0v) is 20.8. The van der Waals surface area contributed by atoms with E-state index in [1.54, 1.807) is 18.3 Å². The van der Waals surface area contributed by atoms with Crippen LogP contribution in [0.1, 0.15) is 43.0 Å². The molecule has 1 aromatic carbocycles. The molecule has 3 aromatic rings. The first-order valence-corrected chi connectivity index (χ1v) is 14.0. The predicted molar refractivity (Wildman–Crippen MR) is 134 cm³/mol. The molecule has 0 radical (unpaired) electrons. The highest BCUT2D eigenvalue weighted by atomic mass is 32.2. The lowest BCUT2D eigenvalue weighted by Gasteiger charge is -2.18. The Morgan fingerprint density at radius 1 is 1.23 bits per heavy atom. The number of nitrogens with zero attached hydrogens (tertiary/aromatic N) is 2. The first-order valence-electron chi connectivity index (χ1n) is 11.4. The van der Waals surface area contributed by atoms with E-state index in [-0.39, 0.29) is 28.9 Å². The lowest BCUT2D eigenvalue weighted by Crippen LogP contribution is -2.27. The maximum Gasteiger partial charge on any atom is 0.416 e. The summed E-state index contributed by atoms with van der Waals surface area (Å²) in [5, 5.41) is 0.375. The number of fused-ring (bicyclic) bond motifs is 1. The number of benzene rings is 1. The fourth-order valence-electron chi connectivity index (χ4n) is 4.13. The minimum Gasteiger partial charge on any atom is -0.383 e. The van der Waals surface area contributed by atoms with Crippen molar-refractivity contribution >= 4 is 37.1 Å². The van der Waals surface area contributed by atoms with Crippen LogP contribution in [0.4, 0.5) is 13.2 Å². The third-order valence-corrected chi connectivity index (χ3v) is 9.01. The van der Waals surface area contributed by atoms with E-state index in [1.807, 2.05) is 6.92 Å². The summed E-state index contributed by atoms with van der Waals surface area (Å²) in [5.41, 5.74) is 6.13. The highest BCUT2D eigenvalue weighted by molar-refractivity contribution is 7.91. The molecule has 0 spiro atoms. The van der Waals surface area contributed by atoms with E-state index in [0.29, 0.717) is 45.5 Å². The van der Waals surface area contributed by atoms with Crippen LogP contribution in [0, 0.1) is 0 Å². The third kappa shape index (κ3) is 5.61. The molecule has 6 nitrogen and oxygen atoms in total. The maximum absolute atomic E-state index is 13.4. The van der Waals surface area contributed by atoms with E-state index >= 15 is 0 Å². The van der Waals surface area contributed by atoms with E-state index in [2.05, 4.69) is 4.99 Å². The molecule has 0 aliphatic carbocycles. The van der Waals surface area contributed by atoms with Crippen molar-refractivity contribution in [1.82, 2.24) is 4.57 Å². The van der Waals surface area contributed by atoms with Crippen LogP contribution in [0.3, 0.4) is 0 Å². The SMILES string of the molecule is CCCCn1cc(-c2cccc(C(F)(F)F)c2)c2sc(C(N)=NC3CCS(=O)(=O)CC3)cc2c1=O. The van der Waals surface area contributed by atoms with Gasteiger partial charge in [0.2, 0.25) is 0 Å². The Bertz CT molecular complexity index is 1430. The molecule has 0 amide bonds. The summed E-state index contributed by atoms with van der Waals surface area (Å²) in [7, 11) is -3.04. The number of alkyl halides is 3. The molecule has 4 rings (SSSR count). The van der Waals surface area contributed by atoms with Crippen molar-refractivity contribution in [2.75, 3.05) is 11.5 Å². The molecule has 1 aliphatic rings. The lowest BCUT2D eigenvalue weighted by molar-refractivity contribution is -0.137. The van der Waals surface area contributed by atoms with E-state index < -0.39 is 21.6 Å². The number of aliphatic imine (C=N–C) groups is 1. The van der Waals surface area contributed by atoms with Crippen LogP contribution in [0.2, 0.25) is 0 Å². The number of rotatable bonds is 6. The molecule has 0 unspecified atom stereocenters. The molecule has 188 valence electrons. The number of hydrogen-bond acceptors (Lipinski definition) is 5. The molecule has 1 saturated heterocycles. The Morgan fingerprint density at radius 2 is 1.94 bits per heavy atom. The van der Waals surface area contributed by atoms with Gasteiger partial charge in [-0.3, -0.25) is 9.79 Å². The van der Waals surface area contributed by atoms with Gasteiger partial charge in [0.15, 0.2) is 0 Å². The van der Waals surface area contributed by atoms with Crippen LogP contribution < -0.4 is 11.3 Å². The smallest absolute Gasteiger partial charge is 0.383 e. The molecular weight excluding hydrogens is 499 g/mol. The fraction of sp³-hybridized carbons (Fsp3) is 0.417. The van der Waals surface area contributed by atoms with Crippen LogP contribution in [0.5, 0.6) is 0 Å². The van der Waals surface area contributed by atoms with Crippen molar-refractivity contribution in [3.8, 4) is 11.1 Å². The van der Waals surface area contributed by atoms with Gasteiger partial charge in [0.05, 0.1) is 33.4 Å². The predicted octanol–water partition coefficient (Wildman–Crippen LogP) is 4.83. The minimum absolute atomic E-state index is 0.0582. The summed E-state index contributed by atoms with van der Waals surface area (Å²) >= 11 is 1.21. The van der Waals surface area contributed by atoms with Crippen molar-refractivity contribution in [2.24, 2.45) is 10.7 Å². The molecule has 35 heavy (non-hydrogen) atoms. The van der Waals surface area contributed by atoms with Crippen LogP contribution in [-0.2, 0) is 22.6 Å². The van der Waals surface area contributed by atoms with Crippen molar-refractivity contribution in [1.29, 1.82) is 0 Å². The molecule has 3 heterocycles. The van der Waals surface area contributed by atoms with E-state index in [4.69, 9.17) is 5.73 Å². The number of pyridine rings is 1. The van der Waals surface area contributed by atoms with Gasteiger partial charge in [-0.15, -0.1) is 11.3 Å². The molecule has 1 aliphatic heterocycles. The Balaban J connectivity index is 1.82. The second-order valence-electron chi connectivity index (χ2n) is 8.72. The number of hydrogen-bond donors (Lipinski definition) is 1. The zero-order chi connectivity index (χ0) is 25.4. The summed E-state index contributed by atoms with van der Waals surface area (Å²) < 4.78 is 65.6. The van der Waals surface area contributed by atoms with Gasteiger partial charge >= 0.3 is 6.18 Å². The quantitative estimate of drug-likeness (QED) is 0.368. The molecular formula is C24H26F3N3O3S2. The first kappa shape index (κ1) is 25.4. The maximum atomic E-state index is 13.4. The van der Waals surface area contributed by atoms with Gasteiger partial charge in [0.25, 0.3) is 5.56 Å². The number of unbranched alkanes of at least 4 members (excludes halogenated alkanes) is 1. The van der Waals surface area contributed by atoms with Crippen LogP contribution >= 0.6 is 11.3 Å². The highest BCUT2D eigenvalue weighted by Gasteiger charge is 2.31. The number of sulfone groups is 1. The molecule has 2 N–H and O–H groups in total. The first-order chi connectivity index (χ1) is 16.5. The Hall–Kier alpha value is -2.66. The molecule has 1 fully saturated rings. The van der Waals surface area contributed by atoms with Gasteiger partial charge < -0.3 is 10.3 Å². The Labute approximate surface area is 205 Å². The number of halogens is 3. The van der Waals surface area contributed by atoms with Crippen molar-refractivity contribution in [3.05, 3.63) is 57.3 Å². The summed E-state index contributed by atoms with van der Waals surface area (Å²) in [6, 6.07) is 6.46. The van der Waals surface area contributed by atoms with Gasteiger partial charge in [-0.25, -0.2) is 8.42 Å². The molecule has 0 saturated carbocycles. The van der Waals surface area contributed by atoms with Crippen LogP contribution in [0.25, 0.3) is 21.2 Å². The van der Waals surface area contributed by atoms with Gasteiger partial charge in [-0.1, -0.05) is 25.5 Å². The number of thiophene rings is 1. The lowest BCUT2D eigenvalue weighted by atomic mass is 10.0. The summed E-state index contributed by atoms with van der Waals surface area (Å²) in [5.74, 6) is 0.316. The number of amidine groups is 1. The van der Waals surface area contributed by atoms with Crippen molar-refractivity contribution in [2.45, 2.75) is 51.4 Å². The van der Waals surface area contributed by atoms with Crippen LogP contribution in [-0.4, -0.2) is 36.4 Å². The van der Waals surface area contributed by atoms with Gasteiger partial charge in [-0.05, 0) is 43.0 Å². The zero-order valence-electron chi connectivity index (χ0n) is 19.1. The summed E-state index contributed by atoms with van der Waals surface area (Å²) in [6.07, 6.45) is -0.500. The topological polar surface area (TPSA) is 94.5 Å². The van der Waals surface area contributed by atoms with E-state index in [1.165, 1.54) is 22.0 Å². The van der Waals surface area contributed by atoms with Crippen LogP contribution in [0.15, 0.2) is 46.3 Å². The minimum atomic E-state index is -4.49. The highest BCUT2D eigenvalue weighted by Crippen LogP contribution is 2.37. The van der Waals surface area contributed by atoms with Gasteiger partial charge in [0, 0.05) is 23.0 Å². The van der Waals surface area contributed by atoms with Gasteiger partial charge in [-0.2, -0.15) is 13.2 Å². The summed E-state index contributed by atoms with van der Waals surface area (Å²) in [4.78, 5) is 18.2. The monoisotopic (exact) mass is 525 g/mol. The average molecular weight is 526 g/mol. The van der Waals surface area contributed by atoms with Crippen molar-refractivity contribution < 1.29 is 21.6 Å². The van der Waals surface area contributed by atoms with E-state index in [9.17, 15) is 26.4 Å². The number of nitrogens with two attached hydrogens (primary N) is 1. The number of aryl methyl sites for hydroxylation is 1. The Morgan fingerprint density at radius 3 is 2.60 bits per heavy atom. The largest absolute Gasteiger partial charge is 0.416 e. The summed E-state index contributed by atoms with van der Waals surface area (Å²) in [6.45, 7) is 2.44. The molecule has 0 bridgehead atoms. The van der Waals surface area contributed by atoms with E-state index in [0.717, 1.165) is 25.0 Å². The molecule has 11 heteroatoms. The standard InChI is InChI=1S/C24H26F3N3O3S2/c1-2-3-9-30-14-19(15-5-4-6-16(12-15)24(25,26)27)21-18(23(30)31)13-20(34-21)22(28)29-17-7-10-35(32,33)11-8-17/h4-6,12-14,17H,2-3,7-11H2,1H3,(H2,28,29). The Kier molecular flexibility index (Phi) is 7.10. The third-order valence-electron chi connectivity index (χ3n) is 6.10. The second-order valence-corrected chi connectivity index (χ2v) is 12.1. The normalized spacial score (nSPS) is 17.2.